The van der Waals surface area contributed by atoms with Gasteiger partial charge < -0.3 is 10.3 Å². The third-order valence-corrected chi connectivity index (χ3v) is 5.65. The van der Waals surface area contributed by atoms with Crippen molar-refractivity contribution in [1.29, 1.82) is 0 Å². The predicted molar refractivity (Wildman–Crippen MR) is 78.1 cm³/mol. The van der Waals surface area contributed by atoms with Crippen molar-refractivity contribution in [3.63, 3.8) is 0 Å². The van der Waals surface area contributed by atoms with Crippen LogP contribution >= 0.6 is 11.8 Å². The zero-order valence-corrected chi connectivity index (χ0v) is 12.0. The van der Waals surface area contributed by atoms with Crippen LogP contribution in [0.5, 0.6) is 0 Å². The number of aromatic nitrogens is 2. The van der Waals surface area contributed by atoms with E-state index in [4.69, 9.17) is 10.7 Å². The lowest BCUT2D eigenvalue weighted by atomic mass is 9.89. The third-order valence-electron chi connectivity index (χ3n) is 4.49. The predicted octanol–water partition coefficient (Wildman–Crippen LogP) is 3.27. The fourth-order valence-corrected chi connectivity index (χ4v) is 4.55. The Bertz CT molecular complexity index is 415. The fourth-order valence-electron chi connectivity index (χ4n) is 3.33. The summed E-state index contributed by atoms with van der Waals surface area (Å²) in [6, 6.07) is 0. The second kappa shape index (κ2) is 5.16. The summed E-state index contributed by atoms with van der Waals surface area (Å²) in [5.41, 5.74) is 7.46. The molecule has 1 aromatic rings. The maximum absolute atomic E-state index is 6.28. The van der Waals surface area contributed by atoms with Crippen molar-refractivity contribution >= 4 is 17.6 Å². The Morgan fingerprint density at radius 1 is 1.17 bits per heavy atom. The molecule has 0 radical (unpaired) electrons. The van der Waals surface area contributed by atoms with Crippen LogP contribution in [0.15, 0.2) is 0 Å². The Kier molecular flexibility index (Phi) is 3.55. The number of hydrogen-bond acceptors (Lipinski definition) is 3. The number of nitrogens with two attached hydrogens (primary N) is 1. The second-order valence-corrected chi connectivity index (χ2v) is 6.84. The molecule has 0 aromatic carbocycles. The van der Waals surface area contributed by atoms with Gasteiger partial charge in [-0.25, -0.2) is 4.98 Å². The Hall–Kier alpha value is -0.640. The first kappa shape index (κ1) is 12.4. The lowest BCUT2D eigenvalue weighted by Gasteiger charge is -2.21. The number of hydrogen-bond donors (Lipinski definition) is 1. The number of nitrogens with zero attached hydrogens (tertiary/aromatic N) is 2. The molecule has 0 amide bonds. The lowest BCUT2D eigenvalue weighted by Crippen LogP contribution is -2.11. The largest absolute Gasteiger partial charge is 0.384 e. The second-order valence-electron chi connectivity index (χ2n) is 5.69. The van der Waals surface area contributed by atoms with Crippen LogP contribution in [0.25, 0.3) is 0 Å². The summed E-state index contributed by atoms with van der Waals surface area (Å²) in [7, 11) is 2.10. The molecule has 1 aliphatic heterocycles. The van der Waals surface area contributed by atoms with Gasteiger partial charge in [0.05, 0.1) is 5.69 Å². The lowest BCUT2D eigenvalue weighted by molar-refractivity contribution is 0.421. The first-order valence-corrected chi connectivity index (χ1v) is 8.32. The van der Waals surface area contributed by atoms with Gasteiger partial charge in [0.15, 0.2) is 0 Å². The molecular formula is C14H23N3S. The number of rotatable bonds is 2. The van der Waals surface area contributed by atoms with Gasteiger partial charge >= 0.3 is 0 Å². The van der Waals surface area contributed by atoms with Gasteiger partial charge in [0.25, 0.3) is 0 Å². The van der Waals surface area contributed by atoms with E-state index in [0.717, 1.165) is 5.82 Å². The van der Waals surface area contributed by atoms with Crippen LogP contribution in [-0.4, -0.2) is 21.1 Å². The van der Waals surface area contributed by atoms with E-state index in [2.05, 4.69) is 11.6 Å². The number of nitrogen functional groups attached to an aromatic ring is 1. The maximum atomic E-state index is 6.28. The molecule has 3 rings (SSSR count). The first-order chi connectivity index (χ1) is 8.77. The van der Waals surface area contributed by atoms with Crippen LogP contribution in [0.2, 0.25) is 0 Å². The van der Waals surface area contributed by atoms with Crippen molar-refractivity contribution in [2.24, 2.45) is 7.05 Å². The molecule has 3 nitrogen and oxygen atoms in total. The molecule has 2 N–H and O–H groups in total. The summed E-state index contributed by atoms with van der Waals surface area (Å²) in [4.78, 5) is 4.94. The molecule has 100 valence electrons. The third kappa shape index (κ3) is 2.15. The van der Waals surface area contributed by atoms with Gasteiger partial charge in [0.1, 0.15) is 11.6 Å². The summed E-state index contributed by atoms with van der Waals surface area (Å²) in [6.07, 6.45) is 7.93. The van der Waals surface area contributed by atoms with Crippen LogP contribution in [0.1, 0.15) is 61.9 Å². The van der Waals surface area contributed by atoms with Crippen molar-refractivity contribution < 1.29 is 0 Å². The minimum absolute atomic E-state index is 0.596. The number of thioether (sulfide) groups is 1. The van der Waals surface area contributed by atoms with E-state index in [0.29, 0.717) is 11.8 Å². The molecule has 2 fully saturated rings. The molecule has 2 aliphatic rings. The molecule has 4 heteroatoms. The van der Waals surface area contributed by atoms with Crippen LogP contribution in [0.4, 0.5) is 5.82 Å². The normalized spacial score (nSPS) is 25.7. The highest BCUT2D eigenvalue weighted by molar-refractivity contribution is 7.99. The molecule has 0 spiro atoms. The van der Waals surface area contributed by atoms with Gasteiger partial charge in [-0.3, -0.25) is 0 Å². The van der Waals surface area contributed by atoms with Crippen molar-refractivity contribution in [2.75, 3.05) is 17.2 Å². The Morgan fingerprint density at radius 2 is 1.94 bits per heavy atom. The summed E-state index contributed by atoms with van der Waals surface area (Å²) >= 11 is 2.03. The smallest absolute Gasteiger partial charge is 0.126 e. The van der Waals surface area contributed by atoms with E-state index in [1.54, 1.807) is 0 Å². The first-order valence-electron chi connectivity index (χ1n) is 7.17. The van der Waals surface area contributed by atoms with Gasteiger partial charge in [-0.05, 0) is 25.0 Å². The van der Waals surface area contributed by atoms with Crippen molar-refractivity contribution in [3.05, 3.63) is 11.5 Å². The zero-order chi connectivity index (χ0) is 12.5. The Morgan fingerprint density at radius 3 is 2.61 bits per heavy atom. The standard InChI is InChI=1S/C14H23N3S/c1-17-13(15)12(11-7-8-18-9-11)16-14(17)10-5-3-2-4-6-10/h10-11H,2-9,15H2,1H3. The highest BCUT2D eigenvalue weighted by Gasteiger charge is 2.27. The van der Waals surface area contributed by atoms with Crippen molar-refractivity contribution in [3.8, 4) is 0 Å². The summed E-state index contributed by atoms with van der Waals surface area (Å²) in [5, 5.41) is 0. The molecule has 1 saturated carbocycles. The Labute approximate surface area is 114 Å². The fraction of sp³-hybridized carbons (Fsp3) is 0.786. The Balaban J connectivity index is 1.88. The molecule has 1 saturated heterocycles. The molecule has 1 aromatic heterocycles. The van der Waals surface area contributed by atoms with Gasteiger partial charge in [0, 0.05) is 24.6 Å². The van der Waals surface area contributed by atoms with Crippen LogP contribution in [0.3, 0.4) is 0 Å². The van der Waals surface area contributed by atoms with Crippen LogP contribution < -0.4 is 5.73 Å². The van der Waals surface area contributed by atoms with Gasteiger partial charge in [0.2, 0.25) is 0 Å². The van der Waals surface area contributed by atoms with E-state index in [-0.39, 0.29) is 0 Å². The average Bonchev–Trinajstić information content (AvgIpc) is 3.01. The monoisotopic (exact) mass is 265 g/mol. The molecule has 0 bridgehead atoms. The molecule has 1 aliphatic carbocycles. The quantitative estimate of drug-likeness (QED) is 0.892. The average molecular weight is 265 g/mol. The summed E-state index contributed by atoms with van der Waals surface area (Å²) in [5.74, 6) is 5.87. The highest BCUT2D eigenvalue weighted by Crippen LogP contribution is 2.38. The van der Waals surface area contributed by atoms with Crippen molar-refractivity contribution in [1.82, 2.24) is 9.55 Å². The van der Waals surface area contributed by atoms with Gasteiger partial charge in [-0.1, -0.05) is 19.3 Å². The SMILES string of the molecule is Cn1c(C2CCCCC2)nc(C2CCSC2)c1N. The molecule has 18 heavy (non-hydrogen) atoms. The van der Waals surface area contributed by atoms with Gasteiger partial charge in [-0.15, -0.1) is 0 Å². The molecule has 2 heterocycles. The van der Waals surface area contributed by atoms with Crippen molar-refractivity contribution in [2.45, 2.75) is 50.4 Å². The van der Waals surface area contributed by atoms with Gasteiger partial charge in [-0.2, -0.15) is 11.8 Å². The van der Waals surface area contributed by atoms with Crippen LogP contribution in [0, 0.1) is 0 Å². The maximum Gasteiger partial charge on any atom is 0.126 e. The summed E-state index contributed by atoms with van der Waals surface area (Å²) < 4.78 is 2.16. The van der Waals surface area contributed by atoms with Crippen LogP contribution in [-0.2, 0) is 7.05 Å². The summed E-state index contributed by atoms with van der Waals surface area (Å²) in [6.45, 7) is 0. The molecular weight excluding hydrogens is 242 g/mol. The highest BCUT2D eigenvalue weighted by atomic mass is 32.2. The van der Waals surface area contributed by atoms with E-state index >= 15 is 0 Å². The molecule has 1 atom stereocenters. The van der Waals surface area contributed by atoms with E-state index in [9.17, 15) is 0 Å². The number of anilines is 1. The number of imidazole rings is 1. The van der Waals surface area contributed by atoms with E-state index in [1.165, 1.54) is 61.5 Å². The topological polar surface area (TPSA) is 43.8 Å². The van der Waals surface area contributed by atoms with E-state index in [1.807, 2.05) is 11.8 Å². The minimum Gasteiger partial charge on any atom is -0.384 e. The van der Waals surface area contributed by atoms with E-state index < -0.39 is 0 Å². The molecule has 1 unspecified atom stereocenters. The minimum atomic E-state index is 0.596. The zero-order valence-electron chi connectivity index (χ0n) is 11.2.